The van der Waals surface area contributed by atoms with Gasteiger partial charge in [0.2, 0.25) is 0 Å². The summed E-state index contributed by atoms with van der Waals surface area (Å²) in [5.74, 6) is 0.548. The van der Waals surface area contributed by atoms with E-state index in [1.807, 2.05) is 0 Å². The predicted molar refractivity (Wildman–Crippen MR) is 72.4 cm³/mol. The minimum atomic E-state index is 0.548. The third kappa shape index (κ3) is 3.21. The Kier molecular flexibility index (Phi) is 4.75. The quantitative estimate of drug-likeness (QED) is 0.817. The van der Waals surface area contributed by atoms with Crippen molar-refractivity contribution < 1.29 is 0 Å². The zero-order valence-corrected chi connectivity index (χ0v) is 10.9. The molecule has 0 fully saturated rings. The monoisotopic (exact) mass is 217 g/mol. The number of benzene rings is 1. The first-order chi connectivity index (χ1) is 7.56. The van der Waals surface area contributed by atoms with Gasteiger partial charge in [-0.25, -0.2) is 0 Å². The first-order valence-electron chi connectivity index (χ1n) is 6.04. The first-order valence-corrected chi connectivity index (χ1v) is 6.04. The van der Waals surface area contributed by atoms with Crippen LogP contribution in [0.2, 0.25) is 0 Å². The van der Waals surface area contributed by atoms with E-state index in [0.29, 0.717) is 5.92 Å². The van der Waals surface area contributed by atoms with Crippen molar-refractivity contribution in [1.82, 2.24) is 0 Å². The van der Waals surface area contributed by atoms with Crippen molar-refractivity contribution >= 4 is 5.57 Å². The highest BCUT2D eigenvalue weighted by molar-refractivity contribution is 5.70. The molecule has 1 aromatic rings. The third-order valence-corrected chi connectivity index (χ3v) is 2.86. The minimum Gasteiger partial charge on any atom is -0.330 e. The topological polar surface area (TPSA) is 26.0 Å². The van der Waals surface area contributed by atoms with Gasteiger partial charge in [-0.05, 0) is 49.4 Å². The fourth-order valence-electron chi connectivity index (χ4n) is 1.94. The Morgan fingerprint density at radius 3 is 2.56 bits per heavy atom. The van der Waals surface area contributed by atoms with Crippen LogP contribution in [0.25, 0.3) is 5.57 Å². The maximum atomic E-state index is 5.58. The molecule has 0 saturated heterocycles. The molecule has 0 atom stereocenters. The van der Waals surface area contributed by atoms with Crippen LogP contribution in [-0.4, -0.2) is 6.54 Å². The normalized spacial score (nSPS) is 12.2. The summed E-state index contributed by atoms with van der Waals surface area (Å²) in [5.41, 5.74) is 11.0. The summed E-state index contributed by atoms with van der Waals surface area (Å²) in [7, 11) is 0. The van der Waals surface area contributed by atoms with Crippen molar-refractivity contribution in [3.63, 3.8) is 0 Å². The highest BCUT2D eigenvalue weighted by Crippen LogP contribution is 2.27. The van der Waals surface area contributed by atoms with E-state index < -0.39 is 0 Å². The van der Waals surface area contributed by atoms with Gasteiger partial charge in [-0.3, -0.25) is 0 Å². The Bertz CT molecular complexity index is 375. The van der Waals surface area contributed by atoms with Crippen LogP contribution >= 0.6 is 0 Å². The molecule has 1 rings (SSSR count). The van der Waals surface area contributed by atoms with Gasteiger partial charge in [-0.15, -0.1) is 0 Å². The summed E-state index contributed by atoms with van der Waals surface area (Å²) >= 11 is 0. The number of rotatable bonds is 4. The fraction of sp³-hybridized carbons (Fsp3) is 0.467. The molecular formula is C15H23N. The molecule has 0 amide bonds. The van der Waals surface area contributed by atoms with Crippen LogP contribution in [0.4, 0.5) is 0 Å². The highest BCUT2D eigenvalue weighted by atomic mass is 14.5. The lowest BCUT2D eigenvalue weighted by Gasteiger charge is -2.15. The van der Waals surface area contributed by atoms with Crippen molar-refractivity contribution in [1.29, 1.82) is 0 Å². The van der Waals surface area contributed by atoms with Crippen molar-refractivity contribution in [3.05, 3.63) is 41.0 Å². The van der Waals surface area contributed by atoms with Gasteiger partial charge in [0.05, 0.1) is 0 Å². The van der Waals surface area contributed by atoms with E-state index >= 15 is 0 Å². The molecule has 0 bridgehead atoms. The van der Waals surface area contributed by atoms with E-state index in [-0.39, 0.29) is 0 Å². The van der Waals surface area contributed by atoms with Crippen LogP contribution in [-0.2, 0) is 0 Å². The Morgan fingerprint density at radius 1 is 1.31 bits per heavy atom. The summed E-state index contributed by atoms with van der Waals surface area (Å²) in [6.45, 7) is 9.52. The number of hydrogen-bond donors (Lipinski definition) is 1. The van der Waals surface area contributed by atoms with Gasteiger partial charge in [-0.2, -0.15) is 0 Å². The van der Waals surface area contributed by atoms with E-state index in [2.05, 4.69) is 52.0 Å². The van der Waals surface area contributed by atoms with Gasteiger partial charge in [0.25, 0.3) is 0 Å². The fourth-order valence-corrected chi connectivity index (χ4v) is 1.94. The number of nitrogens with two attached hydrogens (primary N) is 1. The van der Waals surface area contributed by atoms with Crippen molar-refractivity contribution in [2.24, 2.45) is 11.7 Å². The van der Waals surface area contributed by atoms with Crippen LogP contribution in [0.3, 0.4) is 0 Å². The number of allylic oxidation sites excluding steroid dienone is 1. The second-order valence-corrected chi connectivity index (χ2v) is 4.71. The van der Waals surface area contributed by atoms with Crippen molar-refractivity contribution in [2.45, 2.75) is 34.1 Å². The van der Waals surface area contributed by atoms with E-state index in [0.717, 1.165) is 13.0 Å². The maximum Gasteiger partial charge on any atom is -0.00424 e. The smallest absolute Gasteiger partial charge is 0.00424 e. The molecule has 0 aromatic heterocycles. The Morgan fingerprint density at radius 2 is 2.00 bits per heavy atom. The molecule has 0 radical (unpaired) electrons. The van der Waals surface area contributed by atoms with Gasteiger partial charge < -0.3 is 5.73 Å². The van der Waals surface area contributed by atoms with Crippen molar-refractivity contribution in [2.75, 3.05) is 6.54 Å². The first kappa shape index (κ1) is 13.0. The van der Waals surface area contributed by atoms with Gasteiger partial charge in [0.15, 0.2) is 0 Å². The van der Waals surface area contributed by atoms with Crippen LogP contribution in [0.15, 0.2) is 24.3 Å². The summed E-state index contributed by atoms with van der Waals surface area (Å²) in [4.78, 5) is 0. The molecule has 1 heteroatoms. The van der Waals surface area contributed by atoms with Crippen LogP contribution in [0.5, 0.6) is 0 Å². The predicted octanol–water partition coefficient (Wildman–Crippen LogP) is 3.69. The molecule has 0 spiro atoms. The van der Waals surface area contributed by atoms with E-state index in [1.54, 1.807) is 0 Å². The molecule has 0 unspecified atom stereocenters. The number of aryl methyl sites for hydroxylation is 2. The lowest BCUT2D eigenvalue weighted by atomic mass is 9.90. The van der Waals surface area contributed by atoms with Gasteiger partial charge >= 0.3 is 0 Å². The summed E-state index contributed by atoms with van der Waals surface area (Å²) < 4.78 is 0. The molecule has 1 nitrogen and oxygen atoms in total. The summed E-state index contributed by atoms with van der Waals surface area (Å²) in [5, 5.41) is 0. The molecule has 0 saturated carbocycles. The average Bonchev–Trinajstić information content (AvgIpc) is 2.23. The zero-order valence-electron chi connectivity index (χ0n) is 10.9. The van der Waals surface area contributed by atoms with Crippen molar-refractivity contribution in [3.8, 4) is 0 Å². The van der Waals surface area contributed by atoms with Crippen LogP contribution in [0, 0.1) is 19.8 Å². The second kappa shape index (κ2) is 5.86. The Labute approximate surface area is 99.4 Å². The standard InChI is InChI=1S/C15H23N/c1-11(2)14(6-5-9-16)15-10-12(3)7-8-13(15)4/h6-8,10-11H,5,9,16H2,1-4H3/b14-6+. The molecular weight excluding hydrogens is 194 g/mol. The van der Waals surface area contributed by atoms with E-state index in [4.69, 9.17) is 5.73 Å². The maximum absolute atomic E-state index is 5.58. The molecule has 0 aliphatic carbocycles. The molecule has 2 N–H and O–H groups in total. The highest BCUT2D eigenvalue weighted by Gasteiger charge is 2.08. The van der Waals surface area contributed by atoms with E-state index in [1.165, 1.54) is 22.3 Å². The van der Waals surface area contributed by atoms with Gasteiger partial charge in [0.1, 0.15) is 0 Å². The van der Waals surface area contributed by atoms with Gasteiger partial charge in [0, 0.05) is 0 Å². The minimum absolute atomic E-state index is 0.548. The van der Waals surface area contributed by atoms with E-state index in [9.17, 15) is 0 Å². The molecule has 0 aliphatic rings. The lowest BCUT2D eigenvalue weighted by Crippen LogP contribution is -2.01. The van der Waals surface area contributed by atoms with Crippen LogP contribution in [0.1, 0.15) is 37.0 Å². The van der Waals surface area contributed by atoms with Crippen LogP contribution < -0.4 is 5.73 Å². The SMILES string of the molecule is Cc1ccc(C)c(/C(=C/CCN)C(C)C)c1. The Balaban J connectivity index is 3.15. The average molecular weight is 217 g/mol. The molecule has 0 aliphatic heterocycles. The lowest BCUT2D eigenvalue weighted by molar-refractivity contribution is 0.845. The van der Waals surface area contributed by atoms with Gasteiger partial charge in [-0.1, -0.05) is 43.7 Å². The number of hydrogen-bond acceptors (Lipinski definition) is 1. The second-order valence-electron chi connectivity index (χ2n) is 4.71. The molecule has 88 valence electrons. The molecule has 0 heterocycles. The summed E-state index contributed by atoms with van der Waals surface area (Å²) in [6.07, 6.45) is 3.24. The third-order valence-electron chi connectivity index (χ3n) is 2.86. The molecule has 1 aromatic carbocycles. The molecule has 16 heavy (non-hydrogen) atoms. The zero-order chi connectivity index (χ0) is 12.1. The Hall–Kier alpha value is -1.08. The largest absolute Gasteiger partial charge is 0.330 e. The summed E-state index contributed by atoms with van der Waals surface area (Å²) in [6, 6.07) is 6.64.